The maximum atomic E-state index is 11.7. The van der Waals surface area contributed by atoms with E-state index < -0.39 is 26.4 Å². The molecule has 0 saturated heterocycles. The number of rotatable bonds is 5. The van der Waals surface area contributed by atoms with Crippen molar-refractivity contribution in [3.05, 3.63) is 46.0 Å². The smallest absolute Gasteiger partial charge is 0.262 e. The lowest BCUT2D eigenvalue weighted by molar-refractivity contribution is -0.532. The molecule has 0 heterocycles. The highest BCUT2D eigenvalue weighted by atomic mass is 32.2. The van der Waals surface area contributed by atoms with Crippen LogP contribution in [0, 0.1) is 10.1 Å². The molecular weight excluding hydrogens is 244 g/mol. The third-order valence-corrected chi connectivity index (χ3v) is 4.47. The summed E-state index contributed by atoms with van der Waals surface area (Å²) >= 11 is 0. The number of nitro groups is 1. The lowest BCUT2D eigenvalue weighted by Crippen LogP contribution is -2.35. The van der Waals surface area contributed by atoms with Crippen molar-refractivity contribution >= 4 is 10.0 Å². The van der Waals surface area contributed by atoms with Crippen molar-refractivity contribution in [1.29, 1.82) is 0 Å². The van der Waals surface area contributed by atoms with Crippen molar-refractivity contribution in [3.8, 4) is 0 Å². The van der Waals surface area contributed by atoms with Crippen molar-refractivity contribution in [2.75, 3.05) is 0 Å². The summed E-state index contributed by atoms with van der Waals surface area (Å²) in [7, 11) is -3.57. The molecule has 1 aliphatic carbocycles. The number of hydrogen-bond acceptors (Lipinski definition) is 4. The number of hydrogen-bond donors (Lipinski definition) is 1. The van der Waals surface area contributed by atoms with Gasteiger partial charge in [-0.25, -0.2) is 8.42 Å². The van der Waals surface area contributed by atoms with Crippen molar-refractivity contribution in [2.24, 2.45) is 0 Å². The summed E-state index contributed by atoms with van der Waals surface area (Å²) in [6.07, 6.45) is -0.245. The van der Waals surface area contributed by atoms with Crippen LogP contribution in [0.1, 0.15) is 24.6 Å². The Balaban J connectivity index is 2.22. The van der Waals surface area contributed by atoms with Crippen molar-refractivity contribution < 1.29 is 13.3 Å². The van der Waals surface area contributed by atoms with Crippen LogP contribution in [0.5, 0.6) is 0 Å². The molecule has 0 aliphatic heterocycles. The van der Waals surface area contributed by atoms with Gasteiger partial charge in [0.1, 0.15) is 0 Å². The van der Waals surface area contributed by atoms with E-state index in [0.717, 1.165) is 0 Å². The molecule has 1 unspecified atom stereocenters. The minimum Gasteiger partial charge on any atom is -0.262 e. The molecule has 1 saturated carbocycles. The van der Waals surface area contributed by atoms with Gasteiger partial charge in [0.15, 0.2) is 0 Å². The zero-order valence-corrected chi connectivity index (χ0v) is 9.76. The van der Waals surface area contributed by atoms with Crippen LogP contribution in [0.25, 0.3) is 0 Å². The lowest BCUT2D eigenvalue weighted by atomic mass is 10.2. The molecule has 1 fully saturated rings. The second kappa shape index (κ2) is 4.42. The zero-order chi connectivity index (χ0) is 12.5. The van der Waals surface area contributed by atoms with E-state index in [1.165, 1.54) is 12.1 Å². The first kappa shape index (κ1) is 12.0. The van der Waals surface area contributed by atoms with Gasteiger partial charge in [-0.1, -0.05) is 30.3 Å². The molecule has 0 aromatic heterocycles. The molecule has 1 aliphatic rings. The molecule has 0 amide bonds. The molecule has 1 atom stereocenters. The Morgan fingerprint density at radius 2 is 1.88 bits per heavy atom. The monoisotopic (exact) mass is 256 g/mol. The molecule has 0 bridgehead atoms. The van der Waals surface area contributed by atoms with Crippen LogP contribution in [-0.4, -0.2) is 18.6 Å². The molecule has 17 heavy (non-hydrogen) atoms. The van der Waals surface area contributed by atoms with E-state index in [1.54, 1.807) is 18.2 Å². The van der Waals surface area contributed by atoms with E-state index in [9.17, 15) is 18.5 Å². The first-order valence-corrected chi connectivity index (χ1v) is 6.75. The summed E-state index contributed by atoms with van der Waals surface area (Å²) in [5, 5.41) is 10.4. The van der Waals surface area contributed by atoms with E-state index >= 15 is 0 Å². The van der Waals surface area contributed by atoms with Gasteiger partial charge in [-0.15, -0.1) is 4.72 Å². The number of nitrogens with zero attached hydrogens (tertiary/aromatic N) is 1. The van der Waals surface area contributed by atoms with Gasteiger partial charge in [0, 0.05) is 10.5 Å². The normalized spacial score (nSPS) is 17.6. The summed E-state index contributed by atoms with van der Waals surface area (Å²) in [6, 6.07) is 8.05. The predicted octanol–water partition coefficient (Wildman–Crippen LogP) is 1.04. The van der Waals surface area contributed by atoms with E-state index in [2.05, 4.69) is 4.72 Å². The van der Waals surface area contributed by atoms with E-state index in [1.807, 2.05) is 0 Å². The van der Waals surface area contributed by atoms with Crippen LogP contribution < -0.4 is 4.72 Å². The molecule has 1 N–H and O–H groups in total. The minimum absolute atomic E-state index is 0.335. The van der Waals surface area contributed by atoms with Crippen LogP contribution in [0.4, 0.5) is 0 Å². The maximum Gasteiger partial charge on any atom is 0.304 e. The van der Waals surface area contributed by atoms with Gasteiger partial charge >= 0.3 is 6.17 Å². The fourth-order valence-electron chi connectivity index (χ4n) is 1.50. The van der Waals surface area contributed by atoms with Crippen molar-refractivity contribution in [2.45, 2.75) is 24.3 Å². The summed E-state index contributed by atoms with van der Waals surface area (Å²) < 4.78 is 25.5. The Bertz CT molecular complexity index is 510. The van der Waals surface area contributed by atoms with Gasteiger partial charge in [-0.05, 0) is 12.8 Å². The number of sulfonamides is 1. The molecule has 7 heteroatoms. The maximum absolute atomic E-state index is 11.7. The van der Waals surface area contributed by atoms with E-state index in [-0.39, 0.29) is 0 Å². The summed E-state index contributed by atoms with van der Waals surface area (Å²) in [5.41, 5.74) is 0.335. The third-order valence-electron chi connectivity index (χ3n) is 2.57. The molecule has 2 rings (SSSR count). The largest absolute Gasteiger partial charge is 0.304 e. The zero-order valence-electron chi connectivity index (χ0n) is 8.94. The van der Waals surface area contributed by atoms with Gasteiger partial charge in [0.25, 0.3) is 0 Å². The van der Waals surface area contributed by atoms with E-state index in [4.69, 9.17) is 0 Å². The average molecular weight is 256 g/mol. The SMILES string of the molecule is O=[N+]([O-])C(NS(=O)(=O)C1CC1)c1ccccc1. The number of nitrogens with one attached hydrogen (secondary N) is 1. The van der Waals surface area contributed by atoms with Gasteiger partial charge in [0.05, 0.1) is 5.25 Å². The van der Waals surface area contributed by atoms with Gasteiger partial charge in [0.2, 0.25) is 10.0 Å². The Morgan fingerprint density at radius 1 is 1.29 bits per heavy atom. The Labute approximate surface area is 98.8 Å². The van der Waals surface area contributed by atoms with Gasteiger partial charge < -0.3 is 0 Å². The first-order chi connectivity index (χ1) is 8.00. The number of benzene rings is 1. The third kappa shape index (κ3) is 2.80. The van der Waals surface area contributed by atoms with Gasteiger partial charge in [-0.2, -0.15) is 0 Å². The topological polar surface area (TPSA) is 89.3 Å². The molecule has 0 spiro atoms. The van der Waals surface area contributed by atoms with Crippen LogP contribution in [0.15, 0.2) is 30.3 Å². The average Bonchev–Trinajstić information content (AvgIpc) is 3.11. The molecule has 0 radical (unpaired) electrons. The highest BCUT2D eigenvalue weighted by Gasteiger charge is 2.40. The molecule has 1 aromatic rings. The molecule has 1 aromatic carbocycles. The van der Waals surface area contributed by atoms with Crippen LogP contribution in [0.3, 0.4) is 0 Å². The highest BCUT2D eigenvalue weighted by molar-refractivity contribution is 7.90. The molecular formula is C10H12N2O4S. The summed E-state index contributed by atoms with van der Waals surface area (Å²) in [5.74, 6) is 0. The minimum atomic E-state index is -3.57. The standard InChI is InChI=1S/C10H12N2O4S/c13-12(14)10(8-4-2-1-3-5-8)11-17(15,16)9-6-7-9/h1-5,9-11H,6-7H2. The van der Waals surface area contributed by atoms with Crippen LogP contribution >= 0.6 is 0 Å². The Hall–Kier alpha value is -1.47. The fraction of sp³-hybridized carbons (Fsp3) is 0.400. The Kier molecular flexibility index (Phi) is 3.12. The van der Waals surface area contributed by atoms with Gasteiger partial charge in [-0.3, -0.25) is 10.1 Å². The lowest BCUT2D eigenvalue weighted by Gasteiger charge is -2.11. The van der Waals surface area contributed by atoms with Crippen molar-refractivity contribution in [3.63, 3.8) is 0 Å². The first-order valence-electron chi connectivity index (χ1n) is 5.20. The Morgan fingerprint density at radius 3 is 2.35 bits per heavy atom. The van der Waals surface area contributed by atoms with Crippen molar-refractivity contribution in [1.82, 2.24) is 4.72 Å². The van der Waals surface area contributed by atoms with Crippen LogP contribution in [0.2, 0.25) is 0 Å². The molecule has 6 nitrogen and oxygen atoms in total. The quantitative estimate of drug-likeness (QED) is 0.484. The second-order valence-electron chi connectivity index (χ2n) is 3.96. The second-order valence-corrected chi connectivity index (χ2v) is 5.95. The van der Waals surface area contributed by atoms with E-state index in [0.29, 0.717) is 18.4 Å². The predicted molar refractivity (Wildman–Crippen MR) is 61.3 cm³/mol. The summed E-state index contributed by atoms with van der Waals surface area (Å²) in [6.45, 7) is 0. The molecule has 92 valence electrons. The summed E-state index contributed by atoms with van der Waals surface area (Å²) in [4.78, 5) is 10.3. The highest BCUT2D eigenvalue weighted by Crippen LogP contribution is 2.29. The fourth-order valence-corrected chi connectivity index (χ4v) is 2.98. The van der Waals surface area contributed by atoms with Crippen LogP contribution in [-0.2, 0) is 10.0 Å².